The van der Waals surface area contributed by atoms with E-state index in [1.807, 2.05) is 24.3 Å². The number of esters is 1. The van der Waals surface area contributed by atoms with E-state index in [1.54, 1.807) is 19.2 Å². The molecule has 98 valence electrons. The molecule has 0 aliphatic carbocycles. The molecule has 0 amide bonds. The first-order valence-electron chi connectivity index (χ1n) is 6.08. The molecule has 1 aromatic heterocycles. The second-order valence-corrected chi connectivity index (χ2v) is 4.43. The molecule has 0 bridgehead atoms. The van der Waals surface area contributed by atoms with E-state index in [0.717, 1.165) is 5.39 Å². The summed E-state index contributed by atoms with van der Waals surface area (Å²) in [7, 11) is 1.32. The maximum absolute atomic E-state index is 12.4. The van der Waals surface area contributed by atoms with Crippen LogP contribution < -0.4 is 0 Å². The number of benzene rings is 1. The molecule has 19 heavy (non-hydrogen) atoms. The quantitative estimate of drug-likeness (QED) is 0.624. The summed E-state index contributed by atoms with van der Waals surface area (Å²) in [4.78, 5) is 27.8. The number of ether oxygens (including phenoxy) is 1. The number of fused-ring (bicyclic) bond motifs is 1. The van der Waals surface area contributed by atoms with Crippen LogP contribution in [0.15, 0.2) is 36.5 Å². The van der Waals surface area contributed by atoms with Gasteiger partial charge in [-0.3, -0.25) is 14.6 Å². The number of methoxy groups -OCH3 is 1. The van der Waals surface area contributed by atoms with Crippen LogP contribution in [0, 0.1) is 5.92 Å². The number of aromatic nitrogens is 1. The Balaban J connectivity index is 2.34. The molecule has 0 saturated heterocycles. The number of carbonyl (C=O) groups excluding carboxylic acids is 2. The third-order valence-electron chi connectivity index (χ3n) is 3.05. The van der Waals surface area contributed by atoms with Crippen molar-refractivity contribution in [3.63, 3.8) is 0 Å². The Kier molecular flexibility index (Phi) is 3.90. The first kappa shape index (κ1) is 13.2. The second kappa shape index (κ2) is 5.61. The van der Waals surface area contributed by atoms with Crippen molar-refractivity contribution in [3.8, 4) is 0 Å². The minimum atomic E-state index is -0.417. The normalized spacial score (nSPS) is 12.1. The summed E-state index contributed by atoms with van der Waals surface area (Å²) in [6.45, 7) is 1.72. The lowest BCUT2D eigenvalue weighted by Gasteiger charge is -2.10. The van der Waals surface area contributed by atoms with E-state index in [1.165, 1.54) is 7.11 Å². The van der Waals surface area contributed by atoms with Crippen LogP contribution in [0.25, 0.3) is 10.9 Å². The Labute approximate surface area is 111 Å². The van der Waals surface area contributed by atoms with E-state index >= 15 is 0 Å². The molecule has 1 atom stereocenters. The maximum atomic E-state index is 12.4. The van der Waals surface area contributed by atoms with Gasteiger partial charge in [-0.05, 0) is 12.1 Å². The molecule has 0 aliphatic rings. The third kappa shape index (κ3) is 2.78. The predicted molar refractivity (Wildman–Crippen MR) is 71.9 cm³/mol. The van der Waals surface area contributed by atoms with Gasteiger partial charge >= 0.3 is 5.97 Å². The van der Waals surface area contributed by atoms with Crippen molar-refractivity contribution in [2.45, 2.75) is 13.3 Å². The summed E-state index contributed by atoms with van der Waals surface area (Å²) in [5, 5.41) is 0.915. The number of Topliss-reactive ketones (excluding diaryl/α,β-unsaturated/α-hetero) is 1. The van der Waals surface area contributed by atoms with Gasteiger partial charge in [0.25, 0.3) is 0 Å². The van der Waals surface area contributed by atoms with Crippen molar-refractivity contribution >= 4 is 22.7 Å². The monoisotopic (exact) mass is 257 g/mol. The molecular formula is C15H15NO3. The lowest BCUT2D eigenvalue weighted by atomic mass is 9.95. The smallest absolute Gasteiger partial charge is 0.306 e. The number of hydrogen-bond donors (Lipinski definition) is 0. The van der Waals surface area contributed by atoms with E-state index in [2.05, 4.69) is 9.72 Å². The SMILES string of the molecule is COC(=O)CC(C)C(=O)c1cccc2cccnc12. The zero-order valence-corrected chi connectivity index (χ0v) is 10.9. The average Bonchev–Trinajstić information content (AvgIpc) is 2.45. The number of pyridine rings is 1. The highest BCUT2D eigenvalue weighted by Crippen LogP contribution is 2.20. The fourth-order valence-electron chi connectivity index (χ4n) is 1.99. The van der Waals surface area contributed by atoms with Crippen LogP contribution in [0.5, 0.6) is 0 Å². The Bertz CT molecular complexity index is 616. The fraction of sp³-hybridized carbons (Fsp3) is 0.267. The summed E-state index contributed by atoms with van der Waals surface area (Å²) < 4.78 is 4.59. The highest BCUT2D eigenvalue weighted by Gasteiger charge is 2.21. The van der Waals surface area contributed by atoms with Gasteiger partial charge in [-0.1, -0.05) is 25.1 Å². The minimum Gasteiger partial charge on any atom is -0.469 e. The van der Waals surface area contributed by atoms with Crippen LogP contribution in [0.3, 0.4) is 0 Å². The molecule has 0 fully saturated rings. The number of hydrogen-bond acceptors (Lipinski definition) is 4. The summed E-state index contributed by atoms with van der Waals surface area (Å²) >= 11 is 0. The van der Waals surface area contributed by atoms with E-state index in [9.17, 15) is 9.59 Å². The van der Waals surface area contributed by atoms with E-state index in [4.69, 9.17) is 0 Å². The molecule has 2 aromatic rings. The van der Waals surface area contributed by atoms with Crippen LogP contribution in [0.2, 0.25) is 0 Å². The van der Waals surface area contributed by atoms with Crippen LogP contribution in [-0.4, -0.2) is 23.8 Å². The van der Waals surface area contributed by atoms with Crippen molar-refractivity contribution in [2.24, 2.45) is 5.92 Å². The van der Waals surface area contributed by atoms with Crippen LogP contribution >= 0.6 is 0 Å². The van der Waals surface area contributed by atoms with E-state index < -0.39 is 5.92 Å². The summed E-state index contributed by atoms with van der Waals surface area (Å²) in [5.74, 6) is -0.885. The van der Waals surface area contributed by atoms with Gasteiger partial charge in [-0.25, -0.2) is 0 Å². The largest absolute Gasteiger partial charge is 0.469 e. The highest BCUT2D eigenvalue weighted by atomic mass is 16.5. The third-order valence-corrected chi connectivity index (χ3v) is 3.05. The molecule has 0 aliphatic heterocycles. The molecule has 0 spiro atoms. The number of ketones is 1. The van der Waals surface area contributed by atoms with Gasteiger partial charge in [0.05, 0.1) is 19.0 Å². The van der Waals surface area contributed by atoms with Gasteiger partial charge in [-0.15, -0.1) is 0 Å². The van der Waals surface area contributed by atoms with Crippen LogP contribution in [0.4, 0.5) is 0 Å². The van der Waals surface area contributed by atoms with Gasteiger partial charge in [0.2, 0.25) is 0 Å². The molecule has 4 nitrogen and oxygen atoms in total. The zero-order chi connectivity index (χ0) is 13.8. The number of carbonyl (C=O) groups is 2. The summed E-state index contributed by atoms with van der Waals surface area (Å²) in [5.41, 5.74) is 1.22. The lowest BCUT2D eigenvalue weighted by molar-refractivity contribution is -0.141. The molecule has 1 aromatic carbocycles. The summed E-state index contributed by atoms with van der Waals surface area (Å²) in [6, 6.07) is 9.20. The molecule has 2 rings (SSSR count). The van der Waals surface area contributed by atoms with Crippen molar-refractivity contribution in [1.82, 2.24) is 4.98 Å². The van der Waals surface area contributed by atoms with Crippen molar-refractivity contribution in [1.29, 1.82) is 0 Å². The molecule has 0 N–H and O–H groups in total. The van der Waals surface area contributed by atoms with Crippen molar-refractivity contribution in [3.05, 3.63) is 42.1 Å². The molecular weight excluding hydrogens is 242 g/mol. The molecule has 1 heterocycles. The average molecular weight is 257 g/mol. The standard InChI is InChI=1S/C15H15NO3/c1-10(9-13(17)19-2)15(18)12-7-3-5-11-6-4-8-16-14(11)12/h3-8,10H,9H2,1-2H3. The zero-order valence-electron chi connectivity index (χ0n) is 10.9. The van der Waals surface area contributed by atoms with Gasteiger partial charge in [0.1, 0.15) is 0 Å². The van der Waals surface area contributed by atoms with E-state index in [0.29, 0.717) is 11.1 Å². The number of rotatable bonds is 4. The second-order valence-electron chi connectivity index (χ2n) is 4.43. The molecule has 4 heteroatoms. The molecule has 1 unspecified atom stereocenters. The first-order valence-corrected chi connectivity index (χ1v) is 6.08. The summed E-state index contributed by atoms with van der Waals surface area (Å²) in [6.07, 6.45) is 1.74. The maximum Gasteiger partial charge on any atom is 0.306 e. The minimum absolute atomic E-state index is 0.0819. The lowest BCUT2D eigenvalue weighted by Crippen LogP contribution is -2.17. The Hall–Kier alpha value is -2.23. The van der Waals surface area contributed by atoms with Crippen LogP contribution in [0.1, 0.15) is 23.7 Å². The fourth-order valence-corrected chi connectivity index (χ4v) is 1.99. The molecule has 0 saturated carbocycles. The van der Waals surface area contributed by atoms with Crippen molar-refractivity contribution < 1.29 is 14.3 Å². The van der Waals surface area contributed by atoms with E-state index in [-0.39, 0.29) is 18.2 Å². The van der Waals surface area contributed by atoms with Gasteiger partial charge in [0.15, 0.2) is 5.78 Å². The van der Waals surface area contributed by atoms with Crippen LogP contribution in [-0.2, 0) is 9.53 Å². The number of nitrogens with zero attached hydrogens (tertiary/aromatic N) is 1. The van der Waals surface area contributed by atoms with Gasteiger partial charge in [0, 0.05) is 23.1 Å². The number of para-hydroxylation sites is 1. The topological polar surface area (TPSA) is 56.3 Å². The Morgan fingerprint density at radius 1 is 1.26 bits per heavy atom. The Morgan fingerprint density at radius 2 is 2.00 bits per heavy atom. The predicted octanol–water partition coefficient (Wildman–Crippen LogP) is 2.62. The van der Waals surface area contributed by atoms with Gasteiger partial charge in [-0.2, -0.15) is 0 Å². The Morgan fingerprint density at radius 3 is 2.74 bits per heavy atom. The molecule has 0 radical (unpaired) electrons. The van der Waals surface area contributed by atoms with Crippen molar-refractivity contribution in [2.75, 3.05) is 7.11 Å². The first-order chi connectivity index (χ1) is 9.13. The van der Waals surface area contributed by atoms with Gasteiger partial charge < -0.3 is 4.74 Å². The highest BCUT2D eigenvalue weighted by molar-refractivity contribution is 6.08.